The van der Waals surface area contributed by atoms with Gasteiger partial charge in [-0.3, -0.25) is 0 Å². The molecule has 0 atom stereocenters. The minimum absolute atomic E-state index is 0.255. The lowest BCUT2D eigenvalue weighted by Gasteiger charge is -2.17. The Hall–Kier alpha value is -2.51. The van der Waals surface area contributed by atoms with Gasteiger partial charge in [-0.1, -0.05) is 30.3 Å². The monoisotopic (exact) mass is 382 g/mol. The van der Waals surface area contributed by atoms with Crippen LogP contribution in [0.1, 0.15) is 35.1 Å². The van der Waals surface area contributed by atoms with Gasteiger partial charge in [0.1, 0.15) is 12.7 Å². The molecule has 1 aliphatic rings. The van der Waals surface area contributed by atoms with Crippen molar-refractivity contribution in [2.75, 3.05) is 0 Å². The summed E-state index contributed by atoms with van der Waals surface area (Å²) in [4.78, 5) is 4.28. The molecule has 140 valence electrons. The summed E-state index contributed by atoms with van der Waals surface area (Å²) in [6.07, 6.45) is 7.47. The van der Waals surface area contributed by atoms with Crippen LogP contribution in [0.3, 0.4) is 0 Å². The molecule has 3 aromatic rings. The van der Waals surface area contributed by atoms with E-state index in [-0.39, 0.29) is 6.54 Å². The number of fused-ring (bicyclic) bond motifs is 1. The first-order valence-corrected chi connectivity index (χ1v) is 10.6. The second kappa shape index (κ2) is 7.62. The van der Waals surface area contributed by atoms with Crippen molar-refractivity contribution in [3.63, 3.8) is 0 Å². The average Bonchev–Trinajstić information content (AvgIpc) is 3.19. The summed E-state index contributed by atoms with van der Waals surface area (Å²) in [6.45, 7) is 0.857. The highest BCUT2D eigenvalue weighted by atomic mass is 32.2. The summed E-state index contributed by atoms with van der Waals surface area (Å²) < 4.78 is 29.9. The molecule has 1 aromatic heterocycles. The molecule has 0 fully saturated rings. The highest BCUT2D eigenvalue weighted by Gasteiger charge is 2.17. The van der Waals surface area contributed by atoms with Crippen molar-refractivity contribution in [2.24, 2.45) is 0 Å². The number of hydrogen-bond donors (Lipinski definition) is 1. The van der Waals surface area contributed by atoms with Crippen molar-refractivity contribution in [1.82, 2.24) is 19.5 Å². The summed E-state index contributed by atoms with van der Waals surface area (Å²) in [5.74, 6) is 0. The normalized spacial score (nSPS) is 14.1. The molecule has 1 aliphatic carbocycles. The van der Waals surface area contributed by atoms with Crippen LogP contribution in [-0.4, -0.2) is 23.2 Å². The maximum absolute atomic E-state index is 12.7. The molecule has 4 rings (SSSR count). The maximum atomic E-state index is 12.7. The van der Waals surface area contributed by atoms with Crippen molar-refractivity contribution in [1.29, 1.82) is 0 Å². The van der Waals surface area contributed by atoms with E-state index in [9.17, 15) is 8.42 Å². The molecule has 0 saturated heterocycles. The zero-order valence-corrected chi connectivity index (χ0v) is 15.8. The molecule has 2 aromatic carbocycles. The van der Waals surface area contributed by atoms with E-state index in [0.717, 1.165) is 30.4 Å². The number of rotatable bonds is 6. The molecule has 27 heavy (non-hydrogen) atoms. The summed E-state index contributed by atoms with van der Waals surface area (Å²) in [7, 11) is -3.53. The molecule has 0 aliphatic heterocycles. The van der Waals surface area contributed by atoms with Crippen LogP contribution in [0.5, 0.6) is 0 Å². The molecule has 0 saturated carbocycles. The van der Waals surface area contributed by atoms with Crippen molar-refractivity contribution in [3.05, 3.63) is 77.4 Å². The summed E-state index contributed by atoms with van der Waals surface area (Å²) >= 11 is 0. The van der Waals surface area contributed by atoms with Gasteiger partial charge in [-0.05, 0) is 60.1 Å². The van der Waals surface area contributed by atoms with Crippen LogP contribution in [0.25, 0.3) is 0 Å². The van der Waals surface area contributed by atoms with Gasteiger partial charge in [-0.15, -0.1) is 0 Å². The molecule has 6 nitrogen and oxygen atoms in total. The van der Waals surface area contributed by atoms with Gasteiger partial charge in [0.25, 0.3) is 0 Å². The second-order valence-electron chi connectivity index (χ2n) is 6.88. The number of benzene rings is 2. The number of sulfonamides is 1. The number of nitrogens with one attached hydrogen (secondary N) is 1. The Morgan fingerprint density at radius 3 is 2.63 bits per heavy atom. The lowest BCUT2D eigenvalue weighted by atomic mass is 9.92. The predicted octanol–water partition coefficient (Wildman–Crippen LogP) is 2.68. The highest BCUT2D eigenvalue weighted by molar-refractivity contribution is 7.89. The first-order valence-electron chi connectivity index (χ1n) is 9.12. The molecule has 0 amide bonds. The van der Waals surface area contributed by atoms with E-state index in [1.54, 1.807) is 17.1 Å². The standard InChI is InChI=1S/C20H22N4O2S/c25-27(26,20-9-8-18-6-1-2-7-19(18)11-20)23-12-16-4-3-5-17(10-16)13-24-15-21-14-22-24/h3-5,8-11,14-15,23H,1-2,6-7,12-13H2. The first-order chi connectivity index (χ1) is 13.1. The molecule has 0 spiro atoms. The van der Waals surface area contributed by atoms with Gasteiger partial charge in [-0.2, -0.15) is 5.10 Å². The third-order valence-corrected chi connectivity index (χ3v) is 6.30. The summed E-state index contributed by atoms with van der Waals surface area (Å²) in [5, 5.41) is 4.10. The Morgan fingerprint density at radius 2 is 1.81 bits per heavy atom. The third-order valence-electron chi connectivity index (χ3n) is 4.90. The first kappa shape index (κ1) is 17.9. The van der Waals surface area contributed by atoms with Crippen LogP contribution in [0, 0.1) is 0 Å². The molecule has 0 radical (unpaired) electrons. The van der Waals surface area contributed by atoms with Crippen molar-refractivity contribution < 1.29 is 8.42 Å². The summed E-state index contributed by atoms with van der Waals surface area (Å²) in [6, 6.07) is 13.3. The largest absolute Gasteiger partial charge is 0.249 e. The quantitative estimate of drug-likeness (QED) is 0.711. The molecular weight excluding hydrogens is 360 g/mol. The van der Waals surface area contributed by atoms with Crippen LogP contribution < -0.4 is 4.72 Å². The van der Waals surface area contributed by atoms with Gasteiger partial charge >= 0.3 is 0 Å². The van der Waals surface area contributed by atoms with E-state index in [1.807, 2.05) is 36.4 Å². The number of nitrogens with zero attached hydrogens (tertiary/aromatic N) is 3. The zero-order chi connectivity index (χ0) is 18.7. The Bertz CT molecular complexity index is 1030. The van der Waals surface area contributed by atoms with Crippen molar-refractivity contribution >= 4 is 10.0 Å². The SMILES string of the molecule is O=S(=O)(NCc1cccc(Cn2cncn2)c1)c1ccc2c(c1)CCCC2. The lowest BCUT2D eigenvalue weighted by molar-refractivity contribution is 0.580. The van der Waals surface area contributed by atoms with E-state index in [0.29, 0.717) is 11.4 Å². The number of aromatic nitrogens is 3. The van der Waals surface area contributed by atoms with Crippen LogP contribution >= 0.6 is 0 Å². The lowest BCUT2D eigenvalue weighted by Crippen LogP contribution is -2.23. The van der Waals surface area contributed by atoms with E-state index < -0.39 is 10.0 Å². The number of hydrogen-bond acceptors (Lipinski definition) is 4. The fourth-order valence-electron chi connectivity index (χ4n) is 3.48. The van der Waals surface area contributed by atoms with Crippen LogP contribution in [0.15, 0.2) is 60.0 Å². The Balaban J connectivity index is 1.46. The molecule has 1 N–H and O–H groups in total. The van der Waals surface area contributed by atoms with E-state index >= 15 is 0 Å². The smallest absolute Gasteiger partial charge is 0.240 e. The molecular formula is C20H22N4O2S. The van der Waals surface area contributed by atoms with Crippen LogP contribution in [-0.2, 0) is 36.0 Å². The van der Waals surface area contributed by atoms with Gasteiger partial charge in [0.15, 0.2) is 0 Å². The third kappa shape index (κ3) is 4.26. The number of aryl methyl sites for hydroxylation is 2. The van der Waals surface area contributed by atoms with Crippen molar-refractivity contribution in [2.45, 2.75) is 43.7 Å². The fourth-order valence-corrected chi connectivity index (χ4v) is 4.55. The van der Waals surface area contributed by atoms with E-state index in [4.69, 9.17) is 0 Å². The topological polar surface area (TPSA) is 76.9 Å². The fraction of sp³-hybridized carbons (Fsp3) is 0.300. The minimum atomic E-state index is -3.53. The van der Waals surface area contributed by atoms with E-state index in [1.165, 1.54) is 23.9 Å². The maximum Gasteiger partial charge on any atom is 0.240 e. The molecule has 0 unspecified atom stereocenters. The zero-order valence-electron chi connectivity index (χ0n) is 15.0. The van der Waals surface area contributed by atoms with Crippen LogP contribution in [0.4, 0.5) is 0 Å². The predicted molar refractivity (Wildman–Crippen MR) is 103 cm³/mol. The molecule has 0 bridgehead atoms. The van der Waals surface area contributed by atoms with Gasteiger partial charge < -0.3 is 0 Å². The van der Waals surface area contributed by atoms with Crippen molar-refractivity contribution in [3.8, 4) is 0 Å². The van der Waals surface area contributed by atoms with Gasteiger partial charge in [0, 0.05) is 6.54 Å². The van der Waals surface area contributed by atoms with E-state index in [2.05, 4.69) is 14.8 Å². The molecule has 7 heteroatoms. The summed E-state index contributed by atoms with van der Waals surface area (Å²) in [5.41, 5.74) is 4.40. The van der Waals surface area contributed by atoms with Crippen LogP contribution in [0.2, 0.25) is 0 Å². The van der Waals surface area contributed by atoms with Gasteiger partial charge in [0.05, 0.1) is 11.4 Å². The average molecular weight is 382 g/mol. The Labute approximate surface area is 159 Å². The highest BCUT2D eigenvalue weighted by Crippen LogP contribution is 2.24. The van der Waals surface area contributed by atoms with Gasteiger partial charge in [-0.25, -0.2) is 22.8 Å². The minimum Gasteiger partial charge on any atom is -0.249 e. The Kier molecular flexibility index (Phi) is 5.05. The Morgan fingerprint density at radius 1 is 1.00 bits per heavy atom. The molecule has 1 heterocycles. The van der Waals surface area contributed by atoms with Gasteiger partial charge in [0.2, 0.25) is 10.0 Å². The second-order valence-corrected chi connectivity index (χ2v) is 8.64.